The average Bonchev–Trinajstić information content (AvgIpc) is 0.908. The normalized spacial score (nSPS) is 14.8. The van der Waals surface area contributed by atoms with Crippen LogP contribution in [0.15, 0.2) is 158 Å². The molecule has 3 N–H and O–H groups in total. The molecule has 17 nitrogen and oxygen atoms in total. The number of aliphatic hydroxyl groups excluding tert-OH is 1. The molecular weight excluding hydrogens is 1330 g/mol. The Morgan fingerprint density at radius 1 is 0.284 bits per heavy atom. The van der Waals surface area contributed by atoms with Gasteiger partial charge in [0, 0.05) is 25.7 Å². The van der Waals surface area contributed by atoms with Crippen LogP contribution in [0.1, 0.15) is 285 Å². The van der Waals surface area contributed by atoms with Gasteiger partial charge in [0.15, 0.2) is 12.2 Å². The van der Waals surface area contributed by atoms with E-state index in [0.717, 1.165) is 167 Å². The highest BCUT2D eigenvalue weighted by Crippen LogP contribution is 2.45. The van der Waals surface area contributed by atoms with Gasteiger partial charge in [-0.05, 0) is 161 Å². The van der Waals surface area contributed by atoms with Crippen LogP contribution in [0.2, 0.25) is 0 Å². The van der Waals surface area contributed by atoms with Gasteiger partial charge < -0.3 is 33.8 Å². The fourth-order valence-corrected chi connectivity index (χ4v) is 11.2. The summed E-state index contributed by atoms with van der Waals surface area (Å²) in [5.41, 5.74) is 0. The number of allylic oxidation sites excluding steroid dienone is 26. The lowest BCUT2D eigenvalue weighted by Crippen LogP contribution is -2.30. The van der Waals surface area contributed by atoms with Gasteiger partial charge in [0.2, 0.25) is 0 Å². The van der Waals surface area contributed by atoms with E-state index in [2.05, 4.69) is 174 Å². The third-order valence-electron chi connectivity index (χ3n) is 15.5. The fraction of sp³-hybridized carbons (Fsp3) is 0.639. The topological polar surface area (TPSA) is 237 Å². The highest BCUT2D eigenvalue weighted by atomic mass is 31.2. The third-order valence-corrected chi connectivity index (χ3v) is 17.4. The number of carbonyl (C=O) groups is 4. The first-order valence-corrected chi connectivity index (χ1v) is 41.7. The Morgan fingerprint density at radius 3 is 0.853 bits per heavy atom. The average molecular weight is 1470 g/mol. The SMILES string of the molecule is CC/C=C\C/C=C\C/C=C\C/C=C\C/C=C\CCCC(=O)OCC(COP(=O)(O)OCC(O)COP(=O)(O)OCC(COC(=O)CCCCCCCCC/C=C\C/C=C\C/C=C\CC)OC(=O)CCCC/C=C\C/C=C\C/C=C\C/C=C\CC)OC(=O)CCCCCCC/C=C\CCCCCC. The van der Waals surface area contributed by atoms with E-state index in [-0.39, 0.29) is 25.7 Å². The standard InChI is InChI=1S/C83H136O17P2/c1-5-9-13-17-21-25-29-33-36-38-41-44-47-51-55-59-63-67-80(85)93-73-78(99-82(87)69-65-61-57-53-49-43-32-28-24-20-16-12-8-4)75-97-101(89,90)95-71-77(84)72-96-102(91,92)98-76-79(100-83(88)70-66-62-58-54-50-46-40-35-31-27-23-19-15-11-7-3)74-94-81(86)68-64-60-56-52-48-45-42-39-37-34-30-26-22-18-14-10-6-2/h9-11,13-15,21-23,25-28,32-37,40-41,44,50-51,54-55,77-79,84H,5-8,12,16-20,24,29-31,38-39,42-43,45-49,52-53,56-76H2,1-4H3,(H,89,90)(H,91,92)/b13-9-,14-10-,15-11-,25-21-,26-22-,27-23-,32-28-,36-33-,37-34-,40-35-,44-41-,54-50-,55-51-. The Labute approximate surface area is 617 Å². The summed E-state index contributed by atoms with van der Waals surface area (Å²) in [6.45, 7) is 4.37. The maximum absolute atomic E-state index is 13.1. The van der Waals surface area contributed by atoms with Crippen LogP contribution in [0.3, 0.4) is 0 Å². The largest absolute Gasteiger partial charge is 0.472 e. The maximum atomic E-state index is 13.1. The van der Waals surface area contributed by atoms with Crippen molar-refractivity contribution in [3.8, 4) is 0 Å². The number of unbranched alkanes of at least 4 members (excludes halogenated alkanes) is 19. The van der Waals surface area contributed by atoms with E-state index < -0.39 is 97.5 Å². The van der Waals surface area contributed by atoms with Crippen molar-refractivity contribution in [3.05, 3.63) is 158 Å². The van der Waals surface area contributed by atoms with Gasteiger partial charge in [-0.1, -0.05) is 256 Å². The van der Waals surface area contributed by atoms with E-state index in [1.165, 1.54) is 25.7 Å². The van der Waals surface area contributed by atoms with E-state index in [1.807, 2.05) is 12.2 Å². The fourth-order valence-electron chi connectivity index (χ4n) is 9.67. The van der Waals surface area contributed by atoms with E-state index in [9.17, 15) is 43.2 Å². The first-order chi connectivity index (χ1) is 49.7. The minimum atomic E-state index is -5.00. The summed E-state index contributed by atoms with van der Waals surface area (Å²) in [6, 6.07) is 0. The van der Waals surface area contributed by atoms with Crippen LogP contribution in [0.4, 0.5) is 0 Å². The lowest BCUT2D eigenvalue weighted by Gasteiger charge is -2.21. The molecule has 0 radical (unpaired) electrons. The van der Waals surface area contributed by atoms with Crippen molar-refractivity contribution in [2.24, 2.45) is 0 Å². The predicted molar refractivity (Wildman–Crippen MR) is 417 cm³/mol. The van der Waals surface area contributed by atoms with Crippen LogP contribution in [0.25, 0.3) is 0 Å². The predicted octanol–water partition coefficient (Wildman–Crippen LogP) is 22.4. The second-order valence-corrected chi connectivity index (χ2v) is 28.1. The molecule has 5 atom stereocenters. The monoisotopic (exact) mass is 1470 g/mol. The molecule has 0 heterocycles. The molecule has 5 unspecified atom stereocenters. The number of carbonyl (C=O) groups excluding carboxylic acids is 4. The summed E-state index contributed by atoms with van der Waals surface area (Å²) >= 11 is 0. The van der Waals surface area contributed by atoms with Gasteiger partial charge in [0.25, 0.3) is 0 Å². The minimum absolute atomic E-state index is 0.0342. The maximum Gasteiger partial charge on any atom is 0.472 e. The molecule has 0 bridgehead atoms. The van der Waals surface area contributed by atoms with E-state index in [4.69, 9.17) is 37.0 Å². The smallest absolute Gasteiger partial charge is 0.462 e. The summed E-state index contributed by atoms with van der Waals surface area (Å²) in [5.74, 6) is -2.32. The third kappa shape index (κ3) is 73.0. The van der Waals surface area contributed by atoms with Gasteiger partial charge in [-0.3, -0.25) is 37.3 Å². The van der Waals surface area contributed by atoms with Crippen molar-refractivity contribution >= 4 is 39.5 Å². The summed E-state index contributed by atoms with van der Waals surface area (Å²) < 4.78 is 68.4. The summed E-state index contributed by atoms with van der Waals surface area (Å²) in [5, 5.41) is 10.6. The van der Waals surface area contributed by atoms with Crippen LogP contribution in [0.5, 0.6) is 0 Å². The van der Waals surface area contributed by atoms with Crippen molar-refractivity contribution in [2.45, 2.75) is 303 Å². The molecule has 0 aromatic rings. The van der Waals surface area contributed by atoms with Crippen LogP contribution in [-0.2, 0) is 65.4 Å². The van der Waals surface area contributed by atoms with E-state index in [1.54, 1.807) is 0 Å². The molecule has 0 aliphatic heterocycles. The molecule has 0 rings (SSSR count). The Balaban J connectivity index is 5.45. The number of phosphoric acid groups is 2. The number of hydrogen-bond donors (Lipinski definition) is 3. The van der Waals surface area contributed by atoms with Crippen LogP contribution in [0, 0.1) is 0 Å². The molecule has 0 fully saturated rings. The van der Waals surface area contributed by atoms with Crippen LogP contribution >= 0.6 is 15.6 Å². The number of ether oxygens (including phenoxy) is 4. The van der Waals surface area contributed by atoms with E-state index >= 15 is 0 Å². The Kier molecular flexibility index (Phi) is 70.1. The Hall–Kier alpha value is -5.32. The van der Waals surface area contributed by atoms with Gasteiger partial charge in [-0.25, -0.2) is 9.13 Å². The zero-order chi connectivity index (χ0) is 74.6. The molecule has 0 aromatic heterocycles. The molecule has 0 aliphatic rings. The number of hydrogen-bond acceptors (Lipinski definition) is 15. The Bertz CT molecular complexity index is 2550. The number of aliphatic hydroxyl groups is 1. The molecule has 19 heteroatoms. The van der Waals surface area contributed by atoms with Gasteiger partial charge in [0.05, 0.1) is 26.4 Å². The molecule has 0 aliphatic carbocycles. The van der Waals surface area contributed by atoms with Crippen LogP contribution in [-0.4, -0.2) is 96.7 Å². The molecule has 0 aromatic carbocycles. The number of esters is 4. The Morgan fingerprint density at radius 2 is 0.520 bits per heavy atom. The minimum Gasteiger partial charge on any atom is -0.462 e. The first-order valence-electron chi connectivity index (χ1n) is 38.7. The molecule has 0 amide bonds. The van der Waals surface area contributed by atoms with Crippen molar-refractivity contribution in [1.29, 1.82) is 0 Å². The molecule has 0 saturated heterocycles. The lowest BCUT2D eigenvalue weighted by molar-refractivity contribution is -0.161. The van der Waals surface area contributed by atoms with Crippen molar-refractivity contribution in [2.75, 3.05) is 39.6 Å². The van der Waals surface area contributed by atoms with Gasteiger partial charge in [-0.15, -0.1) is 0 Å². The zero-order valence-electron chi connectivity index (χ0n) is 63.2. The second kappa shape index (κ2) is 74.0. The highest BCUT2D eigenvalue weighted by Gasteiger charge is 2.30. The lowest BCUT2D eigenvalue weighted by atomic mass is 10.1. The summed E-state index contributed by atoms with van der Waals surface area (Å²) in [7, 11) is -10.00. The van der Waals surface area contributed by atoms with Crippen molar-refractivity contribution < 1.29 is 80.2 Å². The molecule has 0 saturated carbocycles. The second-order valence-electron chi connectivity index (χ2n) is 25.1. The van der Waals surface area contributed by atoms with Gasteiger partial charge in [-0.2, -0.15) is 0 Å². The summed E-state index contributed by atoms with van der Waals surface area (Å²) in [6.07, 6.45) is 85.3. The van der Waals surface area contributed by atoms with Crippen molar-refractivity contribution in [1.82, 2.24) is 0 Å². The van der Waals surface area contributed by atoms with Crippen LogP contribution < -0.4 is 0 Å². The first kappa shape index (κ1) is 96.7. The zero-order valence-corrected chi connectivity index (χ0v) is 65.0. The summed E-state index contributed by atoms with van der Waals surface area (Å²) in [4.78, 5) is 72.9. The molecular formula is C83H136O17P2. The van der Waals surface area contributed by atoms with Gasteiger partial charge >= 0.3 is 39.5 Å². The number of rotatable bonds is 71. The molecule has 580 valence electrons. The van der Waals surface area contributed by atoms with Gasteiger partial charge in [0.1, 0.15) is 19.3 Å². The van der Waals surface area contributed by atoms with E-state index in [0.29, 0.717) is 38.5 Å². The van der Waals surface area contributed by atoms with Crippen molar-refractivity contribution in [3.63, 3.8) is 0 Å². The number of phosphoric ester groups is 2. The molecule has 102 heavy (non-hydrogen) atoms. The highest BCUT2D eigenvalue weighted by molar-refractivity contribution is 7.47. The quantitative estimate of drug-likeness (QED) is 0.0169. The molecule has 0 spiro atoms.